The molecule has 7 nitrogen and oxygen atoms in total. The molecule has 0 saturated carbocycles. The van der Waals surface area contributed by atoms with Crippen LogP contribution in [0.1, 0.15) is 17.1 Å². The lowest BCUT2D eigenvalue weighted by molar-refractivity contribution is 0.394. The van der Waals surface area contributed by atoms with Crippen LogP contribution in [0.2, 0.25) is 0 Å². The van der Waals surface area contributed by atoms with Crippen LogP contribution >= 0.6 is 0 Å². The SMILES string of the molecule is COc1cc(C)nc(CS(=O)(=O)Cc2cnc(-c3ccccc3)nc2)n1. The Hall–Kier alpha value is -2.87. The molecular formula is C18H18N4O3S. The summed E-state index contributed by atoms with van der Waals surface area (Å²) in [6, 6.07) is 11.1. The van der Waals surface area contributed by atoms with Gasteiger partial charge in [0, 0.05) is 35.3 Å². The summed E-state index contributed by atoms with van der Waals surface area (Å²) in [5.74, 6) is 0.660. The first-order valence-electron chi connectivity index (χ1n) is 7.90. The minimum atomic E-state index is -3.47. The zero-order valence-corrected chi connectivity index (χ0v) is 15.3. The Morgan fingerprint density at radius 3 is 2.35 bits per heavy atom. The summed E-state index contributed by atoms with van der Waals surface area (Å²) in [6.45, 7) is 1.76. The van der Waals surface area contributed by atoms with E-state index in [-0.39, 0.29) is 17.3 Å². The second-order valence-electron chi connectivity index (χ2n) is 5.78. The van der Waals surface area contributed by atoms with Gasteiger partial charge in [0.25, 0.3) is 0 Å². The summed E-state index contributed by atoms with van der Waals surface area (Å²) >= 11 is 0. The molecule has 8 heteroatoms. The van der Waals surface area contributed by atoms with Crippen LogP contribution < -0.4 is 4.74 Å². The lowest BCUT2D eigenvalue weighted by atomic mass is 10.2. The van der Waals surface area contributed by atoms with Gasteiger partial charge >= 0.3 is 0 Å². The van der Waals surface area contributed by atoms with Crippen molar-refractivity contribution in [1.82, 2.24) is 19.9 Å². The van der Waals surface area contributed by atoms with E-state index in [1.807, 2.05) is 30.3 Å². The number of ether oxygens (including phenoxy) is 1. The summed E-state index contributed by atoms with van der Waals surface area (Å²) < 4.78 is 30.0. The van der Waals surface area contributed by atoms with E-state index in [0.29, 0.717) is 23.0 Å². The Balaban J connectivity index is 1.74. The number of rotatable bonds is 6. The standard InChI is InChI=1S/C18H18N4O3S/c1-13-8-17(25-2)22-16(21-13)12-26(23,24)11-14-9-19-18(20-10-14)15-6-4-3-5-7-15/h3-10H,11-12H2,1-2H3. The molecule has 0 saturated heterocycles. The minimum Gasteiger partial charge on any atom is -0.481 e. The van der Waals surface area contributed by atoms with Gasteiger partial charge in [-0.3, -0.25) is 0 Å². The molecule has 26 heavy (non-hydrogen) atoms. The summed E-state index contributed by atoms with van der Waals surface area (Å²) in [6.07, 6.45) is 3.06. The molecule has 0 radical (unpaired) electrons. The molecule has 0 atom stereocenters. The van der Waals surface area contributed by atoms with Crippen LogP contribution in [-0.4, -0.2) is 35.5 Å². The van der Waals surface area contributed by atoms with Crippen LogP contribution in [-0.2, 0) is 21.3 Å². The van der Waals surface area contributed by atoms with E-state index in [1.54, 1.807) is 13.0 Å². The van der Waals surface area contributed by atoms with Crippen molar-refractivity contribution in [3.63, 3.8) is 0 Å². The first kappa shape index (κ1) is 17.9. The molecule has 1 aromatic carbocycles. The summed E-state index contributed by atoms with van der Waals surface area (Å²) in [5, 5.41) is 0. The second-order valence-corrected chi connectivity index (χ2v) is 7.85. The van der Waals surface area contributed by atoms with Crippen LogP contribution in [0.5, 0.6) is 5.88 Å². The van der Waals surface area contributed by atoms with E-state index in [9.17, 15) is 8.42 Å². The van der Waals surface area contributed by atoms with Crippen molar-refractivity contribution in [1.29, 1.82) is 0 Å². The second kappa shape index (κ2) is 7.57. The van der Waals surface area contributed by atoms with Crippen molar-refractivity contribution in [3.05, 3.63) is 65.9 Å². The highest BCUT2D eigenvalue weighted by Gasteiger charge is 2.17. The maximum Gasteiger partial charge on any atom is 0.216 e. The monoisotopic (exact) mass is 370 g/mol. The van der Waals surface area contributed by atoms with Gasteiger partial charge in [-0.15, -0.1) is 0 Å². The Bertz CT molecular complexity index is 991. The van der Waals surface area contributed by atoms with Crippen molar-refractivity contribution >= 4 is 9.84 Å². The van der Waals surface area contributed by atoms with Gasteiger partial charge in [0.05, 0.1) is 12.9 Å². The van der Waals surface area contributed by atoms with E-state index in [1.165, 1.54) is 19.5 Å². The summed E-state index contributed by atoms with van der Waals surface area (Å²) in [7, 11) is -1.99. The quantitative estimate of drug-likeness (QED) is 0.657. The molecule has 0 fully saturated rings. The molecule has 0 amide bonds. The molecule has 0 spiro atoms. The molecule has 134 valence electrons. The number of hydrogen-bond donors (Lipinski definition) is 0. The van der Waals surface area contributed by atoms with Crippen LogP contribution in [0.4, 0.5) is 0 Å². The number of aromatic nitrogens is 4. The fourth-order valence-electron chi connectivity index (χ4n) is 2.44. The highest BCUT2D eigenvalue weighted by Crippen LogP contribution is 2.16. The number of nitrogens with zero attached hydrogens (tertiary/aromatic N) is 4. The third kappa shape index (κ3) is 4.60. The molecule has 0 aliphatic rings. The molecule has 2 aromatic heterocycles. The van der Waals surface area contributed by atoms with Gasteiger partial charge in [-0.25, -0.2) is 23.4 Å². The number of hydrogen-bond acceptors (Lipinski definition) is 7. The first-order chi connectivity index (χ1) is 12.4. The zero-order valence-electron chi connectivity index (χ0n) is 14.5. The van der Waals surface area contributed by atoms with Crippen molar-refractivity contribution < 1.29 is 13.2 Å². The average molecular weight is 370 g/mol. The van der Waals surface area contributed by atoms with Gasteiger partial charge in [0.15, 0.2) is 15.7 Å². The normalized spacial score (nSPS) is 11.3. The fourth-order valence-corrected chi connectivity index (χ4v) is 3.72. The van der Waals surface area contributed by atoms with E-state index < -0.39 is 9.84 Å². The molecule has 0 aliphatic heterocycles. The fraction of sp³-hybridized carbons (Fsp3) is 0.222. The van der Waals surface area contributed by atoms with E-state index in [0.717, 1.165) is 5.56 Å². The third-order valence-electron chi connectivity index (χ3n) is 3.56. The van der Waals surface area contributed by atoms with E-state index in [4.69, 9.17) is 4.74 Å². The molecule has 0 aliphatic carbocycles. The highest BCUT2D eigenvalue weighted by molar-refractivity contribution is 7.89. The van der Waals surface area contributed by atoms with E-state index in [2.05, 4.69) is 19.9 Å². The predicted molar refractivity (Wildman–Crippen MR) is 97.1 cm³/mol. The van der Waals surface area contributed by atoms with Crippen molar-refractivity contribution in [2.24, 2.45) is 0 Å². The summed E-state index contributed by atoms with van der Waals surface area (Å²) in [5.41, 5.74) is 2.05. The number of aryl methyl sites for hydroxylation is 1. The Morgan fingerprint density at radius 2 is 1.69 bits per heavy atom. The van der Waals surface area contributed by atoms with Crippen LogP contribution in [0.15, 0.2) is 48.8 Å². The summed E-state index contributed by atoms with van der Waals surface area (Å²) in [4.78, 5) is 16.8. The lowest BCUT2D eigenvalue weighted by Crippen LogP contribution is -2.11. The predicted octanol–water partition coefficient (Wildman–Crippen LogP) is 2.37. The molecule has 3 aromatic rings. The van der Waals surface area contributed by atoms with Gasteiger partial charge < -0.3 is 4.74 Å². The lowest BCUT2D eigenvalue weighted by Gasteiger charge is -2.07. The Labute approximate surface area is 152 Å². The first-order valence-corrected chi connectivity index (χ1v) is 9.72. The van der Waals surface area contributed by atoms with Gasteiger partial charge in [-0.1, -0.05) is 30.3 Å². The number of methoxy groups -OCH3 is 1. The average Bonchev–Trinajstić information content (AvgIpc) is 2.61. The largest absolute Gasteiger partial charge is 0.481 e. The van der Waals surface area contributed by atoms with Crippen molar-refractivity contribution in [2.45, 2.75) is 18.4 Å². The smallest absolute Gasteiger partial charge is 0.216 e. The number of sulfone groups is 1. The molecule has 0 bridgehead atoms. The molecule has 0 N–H and O–H groups in total. The maximum atomic E-state index is 12.5. The van der Waals surface area contributed by atoms with Crippen molar-refractivity contribution in [2.75, 3.05) is 7.11 Å². The van der Waals surface area contributed by atoms with Crippen LogP contribution in [0.25, 0.3) is 11.4 Å². The van der Waals surface area contributed by atoms with Gasteiger partial charge in [0.2, 0.25) is 5.88 Å². The zero-order chi connectivity index (χ0) is 18.6. The topological polar surface area (TPSA) is 94.9 Å². The van der Waals surface area contributed by atoms with Crippen LogP contribution in [0, 0.1) is 6.92 Å². The van der Waals surface area contributed by atoms with Crippen molar-refractivity contribution in [3.8, 4) is 17.3 Å². The Morgan fingerprint density at radius 1 is 1.00 bits per heavy atom. The van der Waals surface area contributed by atoms with E-state index >= 15 is 0 Å². The third-order valence-corrected chi connectivity index (χ3v) is 5.03. The van der Waals surface area contributed by atoms with Gasteiger partial charge in [-0.2, -0.15) is 4.98 Å². The van der Waals surface area contributed by atoms with Crippen LogP contribution in [0.3, 0.4) is 0 Å². The minimum absolute atomic E-state index is 0.179. The molecular weight excluding hydrogens is 352 g/mol. The van der Waals surface area contributed by atoms with Gasteiger partial charge in [-0.05, 0) is 6.92 Å². The number of benzene rings is 1. The highest BCUT2D eigenvalue weighted by atomic mass is 32.2. The van der Waals surface area contributed by atoms with Gasteiger partial charge in [0.1, 0.15) is 11.6 Å². The molecule has 2 heterocycles. The Kier molecular flexibility index (Phi) is 5.22. The maximum absolute atomic E-state index is 12.5. The molecule has 3 rings (SSSR count). The molecule has 0 unspecified atom stereocenters.